The number of aliphatic hydroxyl groups is 1. The average Bonchev–Trinajstić information content (AvgIpc) is 2.28. The van der Waals surface area contributed by atoms with Crippen molar-refractivity contribution in [2.75, 3.05) is 6.61 Å². The molecule has 0 aromatic heterocycles. The van der Waals surface area contributed by atoms with Crippen molar-refractivity contribution in [3.05, 3.63) is 29.6 Å². The van der Waals surface area contributed by atoms with E-state index in [1.807, 2.05) is 6.92 Å². The highest BCUT2D eigenvalue weighted by Gasteiger charge is 2.15. The monoisotopic (exact) mass is 241 g/mol. The smallest absolute Gasteiger partial charge is 0.255 e. The van der Waals surface area contributed by atoms with Gasteiger partial charge in [0.15, 0.2) is 0 Å². The van der Waals surface area contributed by atoms with Gasteiger partial charge in [-0.25, -0.2) is 4.39 Å². The molecule has 3 N–H and O–H groups in total. The molecule has 5 heteroatoms. The number of amides is 1. The van der Waals surface area contributed by atoms with Gasteiger partial charge in [0.1, 0.15) is 11.6 Å². The van der Waals surface area contributed by atoms with Gasteiger partial charge in [-0.05, 0) is 25.0 Å². The number of hydrogen-bond acceptors (Lipinski definition) is 3. The number of phenolic OH excluding ortho intramolecular Hbond substituents is 1. The van der Waals surface area contributed by atoms with Crippen LogP contribution < -0.4 is 5.32 Å². The number of phenols is 1. The Balaban J connectivity index is 2.75. The summed E-state index contributed by atoms with van der Waals surface area (Å²) in [5, 5.41) is 20.9. The molecule has 0 aliphatic heterocycles. The average molecular weight is 241 g/mol. The Morgan fingerprint density at radius 3 is 2.76 bits per heavy atom. The van der Waals surface area contributed by atoms with Crippen LogP contribution in [0.15, 0.2) is 18.2 Å². The third-order valence-electron chi connectivity index (χ3n) is 2.51. The lowest BCUT2D eigenvalue weighted by molar-refractivity contribution is 0.0926. The lowest BCUT2D eigenvalue weighted by Crippen LogP contribution is -2.35. The predicted molar refractivity (Wildman–Crippen MR) is 61.3 cm³/mol. The highest BCUT2D eigenvalue weighted by atomic mass is 19.1. The first-order valence-corrected chi connectivity index (χ1v) is 5.48. The number of rotatable bonds is 5. The molecular weight excluding hydrogens is 225 g/mol. The Bertz CT molecular complexity index is 395. The zero-order valence-corrected chi connectivity index (χ0v) is 9.61. The maximum atomic E-state index is 12.7. The van der Waals surface area contributed by atoms with Crippen LogP contribution in [0.25, 0.3) is 0 Å². The van der Waals surface area contributed by atoms with Crippen molar-refractivity contribution in [2.45, 2.75) is 25.8 Å². The molecule has 1 aromatic carbocycles. The van der Waals surface area contributed by atoms with Gasteiger partial charge >= 0.3 is 0 Å². The van der Waals surface area contributed by atoms with Crippen LogP contribution in [0, 0.1) is 5.82 Å². The van der Waals surface area contributed by atoms with Crippen LogP contribution in [0.4, 0.5) is 4.39 Å². The molecule has 1 rings (SSSR count). The molecule has 17 heavy (non-hydrogen) atoms. The van der Waals surface area contributed by atoms with E-state index in [1.165, 1.54) is 6.07 Å². The quantitative estimate of drug-likeness (QED) is 0.730. The SMILES string of the molecule is CCC(CCO)NC(=O)c1ccc(F)cc1O. The minimum absolute atomic E-state index is 0.0197. The Kier molecular flexibility index (Phi) is 4.90. The van der Waals surface area contributed by atoms with Gasteiger partial charge in [-0.2, -0.15) is 0 Å². The number of aliphatic hydroxyl groups excluding tert-OH is 1. The predicted octanol–water partition coefficient (Wildman–Crippen LogP) is 1.42. The summed E-state index contributed by atoms with van der Waals surface area (Å²) in [5.74, 6) is -1.45. The normalized spacial score (nSPS) is 12.2. The van der Waals surface area contributed by atoms with Crippen LogP contribution >= 0.6 is 0 Å². The number of halogens is 1. The van der Waals surface area contributed by atoms with E-state index in [2.05, 4.69) is 5.32 Å². The number of benzene rings is 1. The van der Waals surface area contributed by atoms with Gasteiger partial charge in [0.25, 0.3) is 5.91 Å². The molecule has 0 bridgehead atoms. The van der Waals surface area contributed by atoms with Crippen molar-refractivity contribution in [1.29, 1.82) is 0 Å². The van der Waals surface area contributed by atoms with Crippen LogP contribution in [0.3, 0.4) is 0 Å². The van der Waals surface area contributed by atoms with Crippen molar-refractivity contribution in [3.8, 4) is 5.75 Å². The molecule has 0 saturated carbocycles. The van der Waals surface area contributed by atoms with E-state index in [9.17, 15) is 14.3 Å². The summed E-state index contributed by atoms with van der Waals surface area (Å²) in [4.78, 5) is 11.7. The van der Waals surface area contributed by atoms with E-state index in [-0.39, 0.29) is 24.0 Å². The lowest BCUT2D eigenvalue weighted by atomic mass is 10.1. The van der Waals surface area contributed by atoms with Gasteiger partial charge in [0.2, 0.25) is 0 Å². The van der Waals surface area contributed by atoms with E-state index in [1.54, 1.807) is 0 Å². The Labute approximate surface area is 99.1 Å². The number of carbonyl (C=O) groups excluding carboxylic acids is 1. The maximum absolute atomic E-state index is 12.7. The lowest BCUT2D eigenvalue weighted by Gasteiger charge is -2.16. The highest BCUT2D eigenvalue weighted by Crippen LogP contribution is 2.18. The fraction of sp³-hybridized carbons (Fsp3) is 0.417. The molecule has 1 unspecified atom stereocenters. The molecule has 0 fully saturated rings. The minimum Gasteiger partial charge on any atom is -0.507 e. The number of nitrogens with one attached hydrogen (secondary N) is 1. The largest absolute Gasteiger partial charge is 0.507 e. The molecule has 0 saturated heterocycles. The van der Waals surface area contributed by atoms with Gasteiger partial charge in [0, 0.05) is 18.7 Å². The Morgan fingerprint density at radius 2 is 2.24 bits per heavy atom. The van der Waals surface area contributed by atoms with Gasteiger partial charge in [-0.15, -0.1) is 0 Å². The van der Waals surface area contributed by atoms with Crippen LogP contribution in [-0.4, -0.2) is 28.8 Å². The van der Waals surface area contributed by atoms with Crippen molar-refractivity contribution in [1.82, 2.24) is 5.32 Å². The topological polar surface area (TPSA) is 69.6 Å². The van der Waals surface area contributed by atoms with Gasteiger partial charge < -0.3 is 15.5 Å². The summed E-state index contributed by atoms with van der Waals surface area (Å²) in [7, 11) is 0. The van der Waals surface area contributed by atoms with Crippen LogP contribution in [0.5, 0.6) is 5.75 Å². The zero-order valence-electron chi connectivity index (χ0n) is 9.61. The van der Waals surface area contributed by atoms with Gasteiger partial charge in [-0.1, -0.05) is 6.92 Å². The van der Waals surface area contributed by atoms with Crippen molar-refractivity contribution in [3.63, 3.8) is 0 Å². The molecular formula is C12H16FNO3. The minimum atomic E-state index is -0.596. The van der Waals surface area contributed by atoms with E-state index in [0.29, 0.717) is 12.8 Å². The fourth-order valence-electron chi connectivity index (χ4n) is 1.49. The molecule has 1 amide bonds. The molecule has 94 valence electrons. The van der Waals surface area contributed by atoms with E-state index < -0.39 is 11.7 Å². The molecule has 0 aliphatic carbocycles. The maximum Gasteiger partial charge on any atom is 0.255 e. The first-order valence-electron chi connectivity index (χ1n) is 5.48. The summed E-state index contributed by atoms with van der Waals surface area (Å²) >= 11 is 0. The molecule has 0 heterocycles. The van der Waals surface area contributed by atoms with Crippen molar-refractivity contribution < 1.29 is 19.4 Å². The second kappa shape index (κ2) is 6.20. The highest BCUT2D eigenvalue weighted by molar-refractivity contribution is 5.96. The third kappa shape index (κ3) is 3.71. The number of hydrogen-bond donors (Lipinski definition) is 3. The molecule has 0 spiro atoms. The summed E-state index contributed by atoms with van der Waals surface area (Å²) in [5.41, 5.74) is 0.0304. The second-order valence-electron chi connectivity index (χ2n) is 3.75. The first kappa shape index (κ1) is 13.4. The molecule has 4 nitrogen and oxygen atoms in total. The van der Waals surface area contributed by atoms with Gasteiger partial charge in [0.05, 0.1) is 5.56 Å². The van der Waals surface area contributed by atoms with E-state index in [4.69, 9.17) is 5.11 Å². The molecule has 0 radical (unpaired) electrons. The van der Waals surface area contributed by atoms with Crippen LogP contribution in [-0.2, 0) is 0 Å². The van der Waals surface area contributed by atoms with Crippen LogP contribution in [0.2, 0.25) is 0 Å². The van der Waals surface area contributed by atoms with Gasteiger partial charge in [-0.3, -0.25) is 4.79 Å². The molecule has 1 aromatic rings. The van der Waals surface area contributed by atoms with Crippen molar-refractivity contribution >= 4 is 5.91 Å². The fourth-order valence-corrected chi connectivity index (χ4v) is 1.49. The van der Waals surface area contributed by atoms with E-state index >= 15 is 0 Å². The zero-order chi connectivity index (χ0) is 12.8. The van der Waals surface area contributed by atoms with Crippen molar-refractivity contribution in [2.24, 2.45) is 0 Å². The first-order chi connectivity index (χ1) is 8.08. The van der Waals surface area contributed by atoms with E-state index in [0.717, 1.165) is 12.1 Å². The summed E-state index contributed by atoms with van der Waals surface area (Å²) in [6.45, 7) is 1.86. The standard InChI is InChI=1S/C12H16FNO3/c1-2-9(5-6-15)14-12(17)10-4-3-8(13)7-11(10)16/h3-4,7,9,15-16H,2,5-6H2,1H3,(H,14,17). The molecule has 0 aliphatic rings. The van der Waals surface area contributed by atoms with Crippen LogP contribution in [0.1, 0.15) is 30.1 Å². The summed E-state index contributed by atoms with van der Waals surface area (Å²) < 4.78 is 12.7. The summed E-state index contributed by atoms with van der Waals surface area (Å²) in [6.07, 6.45) is 1.12. The number of aromatic hydroxyl groups is 1. The summed E-state index contributed by atoms with van der Waals surface area (Å²) in [6, 6.07) is 3.08. The molecule has 1 atom stereocenters. The second-order valence-corrected chi connectivity index (χ2v) is 3.75. The number of carbonyl (C=O) groups is 1. The Hall–Kier alpha value is -1.62. The Morgan fingerprint density at radius 1 is 1.53 bits per heavy atom. The third-order valence-corrected chi connectivity index (χ3v) is 2.51.